The van der Waals surface area contributed by atoms with E-state index in [-0.39, 0.29) is 11.5 Å². The molecule has 1 aliphatic heterocycles. The maximum absolute atomic E-state index is 13.1. The van der Waals surface area contributed by atoms with Crippen LogP contribution in [0, 0.1) is 0 Å². The number of nitrogens with zero attached hydrogens (tertiary/aromatic N) is 2. The summed E-state index contributed by atoms with van der Waals surface area (Å²) in [5.74, 6) is -1.04. The van der Waals surface area contributed by atoms with Crippen molar-refractivity contribution in [1.29, 1.82) is 0 Å². The first kappa shape index (κ1) is 17.4. The van der Waals surface area contributed by atoms with Crippen molar-refractivity contribution in [1.82, 2.24) is 0 Å². The van der Waals surface area contributed by atoms with E-state index in [2.05, 4.69) is 4.99 Å². The van der Waals surface area contributed by atoms with Gasteiger partial charge < -0.3 is 9.90 Å². The van der Waals surface area contributed by atoms with Crippen LogP contribution in [-0.2, 0) is 4.79 Å². The molecule has 3 aromatic carbocycles. The molecule has 0 saturated heterocycles. The summed E-state index contributed by atoms with van der Waals surface area (Å²) in [6.07, 6.45) is 1.74. The molecule has 3 aromatic rings. The molecule has 0 unspecified atom stereocenters. The Hall–Kier alpha value is -3.99. The highest BCUT2D eigenvalue weighted by molar-refractivity contribution is 6.33. The molecule has 0 fully saturated rings. The van der Waals surface area contributed by atoms with Gasteiger partial charge in [0.2, 0.25) is 0 Å². The van der Waals surface area contributed by atoms with Gasteiger partial charge in [0.15, 0.2) is 0 Å². The number of carboxylic acid groups (broad SMARTS) is 1. The minimum absolute atomic E-state index is 0.0497. The molecule has 0 spiro atoms. The van der Waals surface area contributed by atoms with Gasteiger partial charge in [-0.15, -0.1) is 0 Å². The summed E-state index contributed by atoms with van der Waals surface area (Å²) in [5.41, 5.74) is 2.56. The molecule has 1 heterocycles. The number of hydrogen-bond acceptors (Lipinski definition) is 4. The van der Waals surface area contributed by atoms with E-state index in [1.165, 1.54) is 17.0 Å². The van der Waals surface area contributed by atoms with Gasteiger partial charge in [0.25, 0.3) is 5.91 Å². The number of rotatable bonds is 4. The number of hydrogen-bond donors (Lipinski definition) is 0. The normalized spacial score (nSPS) is 15.0. The summed E-state index contributed by atoms with van der Waals surface area (Å²) < 4.78 is 0. The van der Waals surface area contributed by atoms with Crippen LogP contribution >= 0.6 is 0 Å². The number of anilines is 1. The van der Waals surface area contributed by atoms with Crippen LogP contribution in [0.15, 0.2) is 95.6 Å². The first-order valence-corrected chi connectivity index (χ1v) is 8.70. The predicted molar refractivity (Wildman–Crippen MR) is 106 cm³/mol. The Morgan fingerprint density at radius 3 is 2.07 bits per heavy atom. The number of benzene rings is 3. The van der Waals surface area contributed by atoms with Crippen molar-refractivity contribution < 1.29 is 14.7 Å². The second-order valence-corrected chi connectivity index (χ2v) is 6.22. The quantitative estimate of drug-likeness (QED) is 0.666. The van der Waals surface area contributed by atoms with Crippen molar-refractivity contribution in [3.05, 3.63) is 107 Å². The minimum Gasteiger partial charge on any atom is -0.545 e. The maximum Gasteiger partial charge on any atom is 0.282 e. The highest BCUT2D eigenvalue weighted by Crippen LogP contribution is 2.28. The second-order valence-electron chi connectivity index (χ2n) is 6.22. The fourth-order valence-electron chi connectivity index (χ4n) is 2.99. The molecule has 0 saturated carbocycles. The SMILES string of the molecule is O=C([O-])c1ccc(N2C(=O)/C(=C\c3ccccc3)N=C2c2ccccc2)cc1. The number of carboxylic acids is 1. The first-order valence-electron chi connectivity index (χ1n) is 8.70. The number of amides is 1. The molecule has 1 aliphatic rings. The van der Waals surface area contributed by atoms with Gasteiger partial charge >= 0.3 is 0 Å². The van der Waals surface area contributed by atoms with Crippen molar-refractivity contribution in [2.75, 3.05) is 4.90 Å². The third-order valence-electron chi connectivity index (χ3n) is 4.36. The van der Waals surface area contributed by atoms with Crippen LogP contribution in [0.2, 0.25) is 0 Å². The van der Waals surface area contributed by atoms with Gasteiger partial charge in [0, 0.05) is 5.56 Å². The molecule has 0 N–H and O–H groups in total. The lowest BCUT2D eigenvalue weighted by atomic mass is 10.1. The fourth-order valence-corrected chi connectivity index (χ4v) is 2.99. The van der Waals surface area contributed by atoms with Gasteiger partial charge in [0.05, 0.1) is 11.7 Å². The third-order valence-corrected chi connectivity index (χ3v) is 4.36. The highest BCUT2D eigenvalue weighted by Gasteiger charge is 2.32. The van der Waals surface area contributed by atoms with Gasteiger partial charge in [-0.3, -0.25) is 9.69 Å². The standard InChI is InChI=1S/C23H16N2O3/c26-22-20(15-16-7-3-1-4-8-16)24-21(17-9-5-2-6-10-17)25(22)19-13-11-18(12-14-19)23(27)28/h1-15H,(H,27,28)/p-1/b20-15+. The Bertz CT molecular complexity index is 1090. The van der Waals surface area contributed by atoms with Crippen LogP contribution < -0.4 is 10.0 Å². The molecule has 5 heteroatoms. The van der Waals surface area contributed by atoms with Crippen LogP contribution in [0.25, 0.3) is 6.08 Å². The Morgan fingerprint density at radius 2 is 1.46 bits per heavy atom. The number of carbonyl (C=O) groups excluding carboxylic acids is 2. The maximum atomic E-state index is 13.1. The van der Waals surface area contributed by atoms with Gasteiger partial charge in [-0.1, -0.05) is 72.8 Å². The first-order chi connectivity index (χ1) is 13.6. The van der Waals surface area contributed by atoms with E-state index in [1.807, 2.05) is 60.7 Å². The van der Waals surface area contributed by atoms with E-state index < -0.39 is 5.97 Å². The van der Waals surface area contributed by atoms with Crippen molar-refractivity contribution in [3.63, 3.8) is 0 Å². The monoisotopic (exact) mass is 367 g/mol. The Morgan fingerprint density at radius 1 is 0.857 bits per heavy atom. The topological polar surface area (TPSA) is 72.8 Å². The smallest absolute Gasteiger partial charge is 0.282 e. The summed E-state index contributed by atoms with van der Waals surface area (Å²) in [5, 5.41) is 11.0. The summed E-state index contributed by atoms with van der Waals surface area (Å²) in [4.78, 5) is 30.2. The lowest BCUT2D eigenvalue weighted by Gasteiger charge is -2.19. The molecule has 0 aliphatic carbocycles. The Balaban J connectivity index is 1.80. The average Bonchev–Trinajstić information content (AvgIpc) is 3.05. The fraction of sp³-hybridized carbons (Fsp3) is 0. The minimum atomic E-state index is -1.26. The highest BCUT2D eigenvalue weighted by atomic mass is 16.4. The van der Waals surface area contributed by atoms with Crippen LogP contribution in [0.4, 0.5) is 5.69 Å². The Kier molecular flexibility index (Phi) is 4.56. The second kappa shape index (κ2) is 7.32. The van der Waals surface area contributed by atoms with Crippen molar-refractivity contribution >= 4 is 29.5 Å². The average molecular weight is 367 g/mol. The van der Waals surface area contributed by atoms with E-state index in [9.17, 15) is 14.7 Å². The largest absolute Gasteiger partial charge is 0.545 e. The number of carbonyl (C=O) groups is 2. The van der Waals surface area contributed by atoms with Crippen LogP contribution in [0.3, 0.4) is 0 Å². The molecule has 0 aromatic heterocycles. The van der Waals surface area contributed by atoms with Gasteiger partial charge in [0.1, 0.15) is 11.5 Å². The molecule has 5 nitrogen and oxygen atoms in total. The van der Waals surface area contributed by atoms with Gasteiger partial charge in [-0.2, -0.15) is 0 Å². The molecule has 4 rings (SSSR count). The summed E-state index contributed by atoms with van der Waals surface area (Å²) in [7, 11) is 0. The molecular weight excluding hydrogens is 352 g/mol. The van der Waals surface area contributed by atoms with E-state index in [1.54, 1.807) is 18.2 Å². The van der Waals surface area contributed by atoms with Crippen LogP contribution in [-0.4, -0.2) is 17.7 Å². The van der Waals surface area contributed by atoms with Crippen LogP contribution in [0.5, 0.6) is 0 Å². The zero-order valence-electron chi connectivity index (χ0n) is 14.8. The number of aromatic carboxylic acids is 1. The van der Waals surface area contributed by atoms with Gasteiger partial charge in [-0.25, -0.2) is 4.99 Å². The number of aliphatic imine (C=N–C) groups is 1. The molecule has 28 heavy (non-hydrogen) atoms. The third kappa shape index (κ3) is 3.33. The zero-order valence-corrected chi connectivity index (χ0v) is 14.8. The number of amidine groups is 1. The summed E-state index contributed by atoms with van der Waals surface area (Å²) in [6, 6.07) is 24.9. The van der Waals surface area contributed by atoms with E-state index in [0.717, 1.165) is 11.1 Å². The summed E-state index contributed by atoms with van der Waals surface area (Å²) in [6.45, 7) is 0. The molecule has 0 bridgehead atoms. The molecule has 0 atom stereocenters. The van der Waals surface area contributed by atoms with Crippen molar-refractivity contribution in [2.45, 2.75) is 0 Å². The molecule has 0 radical (unpaired) electrons. The molecular formula is C23H15N2O3-. The molecule has 136 valence electrons. The van der Waals surface area contributed by atoms with E-state index >= 15 is 0 Å². The van der Waals surface area contributed by atoms with E-state index in [4.69, 9.17) is 0 Å². The van der Waals surface area contributed by atoms with E-state index in [0.29, 0.717) is 17.2 Å². The van der Waals surface area contributed by atoms with Crippen molar-refractivity contribution in [3.8, 4) is 0 Å². The Labute approximate surface area is 161 Å². The molecule has 1 amide bonds. The lowest BCUT2D eigenvalue weighted by Crippen LogP contribution is -2.32. The van der Waals surface area contributed by atoms with Gasteiger partial charge in [-0.05, 0) is 29.3 Å². The van der Waals surface area contributed by atoms with Crippen molar-refractivity contribution in [2.24, 2.45) is 4.99 Å². The zero-order chi connectivity index (χ0) is 19.5. The lowest BCUT2D eigenvalue weighted by molar-refractivity contribution is -0.255. The predicted octanol–water partition coefficient (Wildman–Crippen LogP) is 2.88. The van der Waals surface area contributed by atoms with Crippen LogP contribution in [0.1, 0.15) is 21.5 Å². The summed E-state index contributed by atoms with van der Waals surface area (Å²) >= 11 is 0.